The van der Waals surface area contributed by atoms with Crippen LogP contribution in [0.4, 0.5) is 4.79 Å². The molecule has 0 aliphatic carbocycles. The van der Waals surface area contributed by atoms with Crippen molar-refractivity contribution in [1.29, 1.82) is 0 Å². The summed E-state index contributed by atoms with van der Waals surface area (Å²) in [7, 11) is 0. The second-order valence-electron chi connectivity index (χ2n) is 2.38. The van der Waals surface area contributed by atoms with Gasteiger partial charge in [-0.05, 0) is 12.5 Å². The Balaban J connectivity index is 3.33. The summed E-state index contributed by atoms with van der Waals surface area (Å²) in [6, 6.07) is 0. The molecule has 0 saturated heterocycles. The molecule has 0 fully saturated rings. The first-order valence-electron chi connectivity index (χ1n) is 4.08. The molecule has 0 aromatic rings. The second kappa shape index (κ2) is 7.85. The minimum absolute atomic E-state index is 1.03. The molecule has 12 heavy (non-hydrogen) atoms. The Labute approximate surface area is 72.8 Å². The summed E-state index contributed by atoms with van der Waals surface area (Å²) in [4.78, 5) is 9.95. The fourth-order valence-electron chi connectivity index (χ4n) is 0.672. The minimum Gasteiger partial charge on any atom is -0.465 e. The lowest BCUT2D eigenvalue weighted by Gasteiger charge is -1.87. The summed E-state index contributed by atoms with van der Waals surface area (Å²) in [6.45, 7) is 2.13. The minimum atomic E-state index is -1.03. The molecule has 3 nitrogen and oxygen atoms in total. The molecule has 2 N–H and O–H groups in total. The summed E-state index contributed by atoms with van der Waals surface area (Å²) in [5.74, 6) is 0. The molecule has 0 aromatic heterocycles. The Morgan fingerprint density at radius 2 is 2.25 bits per heavy atom. The zero-order valence-corrected chi connectivity index (χ0v) is 7.29. The smallest absolute Gasteiger partial charge is 0.408 e. The third-order valence-electron chi connectivity index (χ3n) is 1.27. The van der Waals surface area contributed by atoms with E-state index in [9.17, 15) is 4.79 Å². The Morgan fingerprint density at radius 3 is 2.83 bits per heavy atom. The van der Waals surface area contributed by atoms with E-state index in [0.717, 1.165) is 6.42 Å². The van der Waals surface area contributed by atoms with Gasteiger partial charge in [0, 0.05) is 6.20 Å². The van der Waals surface area contributed by atoms with Crippen LogP contribution in [0.1, 0.15) is 26.2 Å². The molecule has 0 spiro atoms. The molecule has 0 radical (unpaired) electrons. The zero-order chi connectivity index (χ0) is 9.23. The first-order chi connectivity index (χ1) is 5.77. The molecule has 68 valence electrons. The van der Waals surface area contributed by atoms with E-state index in [-0.39, 0.29) is 0 Å². The molecule has 0 heterocycles. The third-order valence-corrected chi connectivity index (χ3v) is 1.27. The summed E-state index contributed by atoms with van der Waals surface area (Å²) in [5, 5.41) is 10.3. The maximum Gasteiger partial charge on any atom is 0.408 e. The van der Waals surface area contributed by atoms with Gasteiger partial charge < -0.3 is 5.11 Å². The van der Waals surface area contributed by atoms with E-state index in [0.29, 0.717) is 0 Å². The van der Waals surface area contributed by atoms with Crippen molar-refractivity contribution in [2.75, 3.05) is 0 Å². The topological polar surface area (TPSA) is 49.3 Å². The molecule has 0 unspecified atom stereocenters. The Bertz CT molecular complexity index is 173. The van der Waals surface area contributed by atoms with Crippen LogP contribution in [0, 0.1) is 0 Å². The van der Waals surface area contributed by atoms with Gasteiger partial charge in [0.15, 0.2) is 0 Å². The molecule has 0 aliphatic heterocycles. The third kappa shape index (κ3) is 8.75. The van der Waals surface area contributed by atoms with Crippen molar-refractivity contribution in [3.8, 4) is 0 Å². The fraction of sp³-hybridized carbons (Fsp3) is 0.444. The standard InChI is InChI=1S/C9H15NO2/c1-2-3-4-5-6-7-8-10-9(11)12/h5-8,10H,2-4H2,1H3,(H,11,12)/b6-5+,8-7+. The van der Waals surface area contributed by atoms with E-state index in [1.807, 2.05) is 12.2 Å². The maximum atomic E-state index is 9.95. The molecule has 0 rings (SSSR count). The molecule has 0 aliphatic rings. The normalized spacial score (nSPS) is 11.1. The highest BCUT2D eigenvalue weighted by Gasteiger charge is 1.82. The van der Waals surface area contributed by atoms with Crippen LogP contribution in [0.2, 0.25) is 0 Å². The maximum absolute atomic E-state index is 9.95. The summed E-state index contributed by atoms with van der Waals surface area (Å²) < 4.78 is 0. The van der Waals surface area contributed by atoms with Gasteiger partial charge in [0.25, 0.3) is 0 Å². The van der Waals surface area contributed by atoms with Gasteiger partial charge in [0.1, 0.15) is 0 Å². The van der Waals surface area contributed by atoms with E-state index >= 15 is 0 Å². The number of nitrogens with one attached hydrogen (secondary N) is 1. The number of carboxylic acid groups (broad SMARTS) is 1. The van der Waals surface area contributed by atoms with Crippen LogP contribution in [0.25, 0.3) is 0 Å². The fourth-order valence-corrected chi connectivity index (χ4v) is 0.672. The van der Waals surface area contributed by atoms with Crippen molar-refractivity contribution in [3.05, 3.63) is 24.4 Å². The molecule has 1 amide bonds. The quantitative estimate of drug-likeness (QED) is 0.490. The van der Waals surface area contributed by atoms with Gasteiger partial charge in [-0.1, -0.05) is 31.9 Å². The lowest BCUT2D eigenvalue weighted by atomic mass is 10.2. The van der Waals surface area contributed by atoms with E-state index in [2.05, 4.69) is 12.2 Å². The predicted octanol–water partition coefficient (Wildman–Crippen LogP) is 2.51. The summed E-state index contributed by atoms with van der Waals surface area (Å²) in [6.07, 6.45) is 9.30. The molecular formula is C9H15NO2. The number of unbranched alkanes of at least 4 members (excludes halogenated alkanes) is 2. The average molecular weight is 169 g/mol. The van der Waals surface area contributed by atoms with Gasteiger partial charge in [-0.15, -0.1) is 0 Å². The first-order valence-corrected chi connectivity index (χ1v) is 4.08. The van der Waals surface area contributed by atoms with Gasteiger partial charge in [-0.25, -0.2) is 4.79 Å². The number of carbonyl (C=O) groups is 1. The summed E-state index contributed by atoms with van der Waals surface area (Å²) in [5.41, 5.74) is 0. The van der Waals surface area contributed by atoms with E-state index < -0.39 is 6.09 Å². The summed E-state index contributed by atoms with van der Waals surface area (Å²) >= 11 is 0. The first kappa shape index (κ1) is 10.8. The lowest BCUT2D eigenvalue weighted by molar-refractivity contribution is 0.198. The molecule has 3 heteroatoms. The van der Waals surface area contributed by atoms with E-state index in [1.54, 1.807) is 6.08 Å². The Hall–Kier alpha value is -1.25. The van der Waals surface area contributed by atoms with E-state index in [1.165, 1.54) is 19.0 Å². The van der Waals surface area contributed by atoms with Gasteiger partial charge >= 0.3 is 6.09 Å². The van der Waals surface area contributed by atoms with Gasteiger partial charge in [-0.3, -0.25) is 5.32 Å². The van der Waals surface area contributed by atoms with Crippen molar-refractivity contribution >= 4 is 6.09 Å². The number of hydrogen-bond donors (Lipinski definition) is 2. The number of amides is 1. The largest absolute Gasteiger partial charge is 0.465 e. The molecule has 0 aromatic carbocycles. The van der Waals surface area contributed by atoms with Crippen molar-refractivity contribution in [3.63, 3.8) is 0 Å². The SMILES string of the molecule is CCCC/C=C/C=C/NC(=O)O. The zero-order valence-electron chi connectivity index (χ0n) is 7.29. The number of allylic oxidation sites excluding steroid dienone is 3. The van der Waals surface area contributed by atoms with Crippen molar-refractivity contribution in [1.82, 2.24) is 5.32 Å². The monoisotopic (exact) mass is 169 g/mol. The average Bonchev–Trinajstić information content (AvgIpc) is 2.02. The highest BCUT2D eigenvalue weighted by molar-refractivity contribution is 5.65. The highest BCUT2D eigenvalue weighted by Crippen LogP contribution is 1.94. The molecule has 0 atom stereocenters. The predicted molar refractivity (Wildman–Crippen MR) is 49.0 cm³/mol. The van der Waals surface area contributed by atoms with Crippen molar-refractivity contribution in [2.24, 2.45) is 0 Å². The van der Waals surface area contributed by atoms with Crippen LogP contribution in [0.3, 0.4) is 0 Å². The van der Waals surface area contributed by atoms with Crippen molar-refractivity contribution in [2.45, 2.75) is 26.2 Å². The molecule has 0 saturated carbocycles. The van der Waals surface area contributed by atoms with Gasteiger partial charge in [0.05, 0.1) is 0 Å². The van der Waals surface area contributed by atoms with E-state index in [4.69, 9.17) is 5.11 Å². The number of rotatable bonds is 5. The van der Waals surface area contributed by atoms with Crippen LogP contribution < -0.4 is 5.32 Å². The van der Waals surface area contributed by atoms with Crippen LogP contribution in [0.5, 0.6) is 0 Å². The number of hydrogen-bond acceptors (Lipinski definition) is 1. The Kier molecular flexibility index (Phi) is 7.03. The van der Waals surface area contributed by atoms with Crippen molar-refractivity contribution < 1.29 is 9.90 Å². The van der Waals surface area contributed by atoms with Gasteiger partial charge in [-0.2, -0.15) is 0 Å². The van der Waals surface area contributed by atoms with Crippen LogP contribution >= 0.6 is 0 Å². The second-order valence-corrected chi connectivity index (χ2v) is 2.38. The van der Waals surface area contributed by atoms with Crippen LogP contribution in [-0.2, 0) is 0 Å². The lowest BCUT2D eigenvalue weighted by Crippen LogP contribution is -2.12. The highest BCUT2D eigenvalue weighted by atomic mass is 16.4. The molecular weight excluding hydrogens is 154 g/mol. The van der Waals surface area contributed by atoms with Crippen LogP contribution in [-0.4, -0.2) is 11.2 Å². The Morgan fingerprint density at radius 1 is 1.50 bits per heavy atom. The molecule has 0 bridgehead atoms. The van der Waals surface area contributed by atoms with Crippen LogP contribution in [0.15, 0.2) is 24.4 Å². The van der Waals surface area contributed by atoms with Gasteiger partial charge in [0.2, 0.25) is 0 Å².